The standard InChI is InChI=1S/C18H17ClF2N4O2/c1-10-4-3-7-23-17(10)25(9-13(16(22)26)24(2)18(25)27)8-11-5-6-12(20)15(21)14(11)19/h3-7,13H,8-9H2,1-2H3,(H-,22,26)/p+1. The Morgan fingerprint density at radius 1 is 1.41 bits per heavy atom. The maximum atomic E-state index is 14.0. The molecule has 2 N–H and O–H groups in total. The van der Waals surface area contributed by atoms with Crippen molar-refractivity contribution in [3.63, 3.8) is 0 Å². The summed E-state index contributed by atoms with van der Waals surface area (Å²) >= 11 is 5.99. The number of benzene rings is 1. The molecule has 1 aromatic carbocycles. The molecule has 0 radical (unpaired) electrons. The Kier molecular flexibility index (Phi) is 4.88. The maximum absolute atomic E-state index is 14.0. The number of carbonyl (C=O) groups is 2. The number of primary amides is 1. The third-order valence-electron chi connectivity index (χ3n) is 4.89. The highest BCUT2D eigenvalue weighted by Gasteiger charge is 2.56. The van der Waals surface area contributed by atoms with E-state index in [1.54, 1.807) is 19.1 Å². The van der Waals surface area contributed by atoms with Crippen molar-refractivity contribution < 1.29 is 18.4 Å². The summed E-state index contributed by atoms with van der Waals surface area (Å²) in [7, 11) is 1.48. The van der Waals surface area contributed by atoms with E-state index < -0.39 is 39.1 Å². The fraction of sp³-hybridized carbons (Fsp3) is 0.278. The van der Waals surface area contributed by atoms with Crippen molar-refractivity contribution in [3.8, 4) is 0 Å². The second-order valence-electron chi connectivity index (χ2n) is 6.60. The number of aromatic nitrogens is 1. The molecule has 2 unspecified atom stereocenters. The molecule has 0 aliphatic carbocycles. The molecule has 0 spiro atoms. The first-order valence-corrected chi connectivity index (χ1v) is 8.55. The number of amides is 3. The number of hydrogen-bond donors (Lipinski definition) is 1. The van der Waals surface area contributed by atoms with Crippen molar-refractivity contribution in [2.45, 2.75) is 19.5 Å². The van der Waals surface area contributed by atoms with Gasteiger partial charge in [-0.1, -0.05) is 17.7 Å². The van der Waals surface area contributed by atoms with Crippen molar-refractivity contribution in [1.82, 2.24) is 14.4 Å². The number of hydrogen-bond acceptors (Lipinski definition) is 3. The van der Waals surface area contributed by atoms with Crippen LogP contribution >= 0.6 is 11.6 Å². The van der Waals surface area contributed by atoms with E-state index in [4.69, 9.17) is 17.3 Å². The molecule has 2 aromatic rings. The molecular formula is C18H18ClF2N4O2+. The molecule has 9 heteroatoms. The van der Waals surface area contributed by atoms with Gasteiger partial charge in [0.05, 0.1) is 5.02 Å². The molecule has 2 heterocycles. The van der Waals surface area contributed by atoms with Crippen molar-refractivity contribution >= 4 is 29.4 Å². The van der Waals surface area contributed by atoms with Gasteiger partial charge in [0.2, 0.25) is 11.7 Å². The Morgan fingerprint density at radius 3 is 2.70 bits per heavy atom. The minimum Gasteiger partial charge on any atom is -0.368 e. The normalized spacial score (nSPS) is 22.3. The summed E-state index contributed by atoms with van der Waals surface area (Å²) in [5.41, 5.74) is 6.40. The molecule has 0 saturated carbocycles. The number of rotatable bonds is 4. The van der Waals surface area contributed by atoms with Crippen LogP contribution in [0.1, 0.15) is 11.1 Å². The second kappa shape index (κ2) is 6.86. The summed E-state index contributed by atoms with van der Waals surface area (Å²) in [4.78, 5) is 30.6. The monoisotopic (exact) mass is 395 g/mol. The minimum atomic E-state index is -1.18. The van der Waals surface area contributed by atoms with Gasteiger partial charge in [0.1, 0.15) is 13.1 Å². The van der Waals surface area contributed by atoms with E-state index in [0.717, 1.165) is 6.07 Å². The van der Waals surface area contributed by atoms with Crippen LogP contribution in [0.5, 0.6) is 0 Å². The average Bonchev–Trinajstić information content (AvgIpc) is 2.89. The molecule has 1 aliphatic rings. The number of pyridine rings is 1. The molecule has 3 rings (SSSR count). The van der Waals surface area contributed by atoms with E-state index in [1.807, 2.05) is 0 Å². The Morgan fingerprint density at radius 2 is 2.11 bits per heavy atom. The quantitative estimate of drug-likeness (QED) is 0.638. The van der Waals surface area contributed by atoms with E-state index in [1.165, 1.54) is 24.2 Å². The van der Waals surface area contributed by atoms with Crippen LogP contribution in [0.25, 0.3) is 0 Å². The molecule has 1 aromatic heterocycles. The number of quaternary nitrogens is 1. The lowest BCUT2D eigenvalue weighted by molar-refractivity contribution is -0.121. The van der Waals surface area contributed by atoms with Gasteiger partial charge in [-0.25, -0.2) is 18.6 Å². The van der Waals surface area contributed by atoms with Crippen molar-refractivity contribution in [1.29, 1.82) is 0 Å². The zero-order valence-electron chi connectivity index (χ0n) is 14.7. The third kappa shape index (κ3) is 3.04. The Balaban J connectivity index is 2.19. The smallest absolute Gasteiger partial charge is 0.368 e. The van der Waals surface area contributed by atoms with Gasteiger partial charge < -0.3 is 5.73 Å². The van der Waals surface area contributed by atoms with E-state index in [9.17, 15) is 18.4 Å². The lowest BCUT2D eigenvalue weighted by atomic mass is 10.1. The van der Waals surface area contributed by atoms with E-state index >= 15 is 0 Å². The number of carbonyl (C=O) groups excluding carboxylic acids is 2. The Bertz CT molecular complexity index is 940. The number of halogens is 3. The third-order valence-corrected chi connectivity index (χ3v) is 5.30. The summed E-state index contributed by atoms with van der Waals surface area (Å²) in [6, 6.07) is 4.48. The maximum Gasteiger partial charge on any atom is 0.426 e. The minimum absolute atomic E-state index is 0.0118. The zero-order valence-corrected chi connectivity index (χ0v) is 15.5. The molecular weight excluding hydrogens is 378 g/mol. The first-order valence-electron chi connectivity index (χ1n) is 8.17. The van der Waals surface area contributed by atoms with Gasteiger partial charge in [-0.3, -0.25) is 9.69 Å². The van der Waals surface area contributed by atoms with Crippen LogP contribution in [0, 0.1) is 18.6 Å². The fourth-order valence-electron chi connectivity index (χ4n) is 3.50. The molecule has 1 fully saturated rings. The van der Waals surface area contributed by atoms with Crippen LogP contribution in [-0.2, 0) is 11.3 Å². The summed E-state index contributed by atoms with van der Waals surface area (Å²) < 4.78 is 27.0. The first-order chi connectivity index (χ1) is 12.7. The van der Waals surface area contributed by atoms with Gasteiger partial charge in [0, 0.05) is 24.4 Å². The lowest BCUT2D eigenvalue weighted by Gasteiger charge is -2.30. The summed E-state index contributed by atoms with van der Waals surface area (Å²) in [6.07, 6.45) is 1.53. The summed E-state index contributed by atoms with van der Waals surface area (Å²) in [6.45, 7) is 1.69. The van der Waals surface area contributed by atoms with Gasteiger partial charge in [0.25, 0.3) is 0 Å². The predicted octanol–water partition coefficient (Wildman–Crippen LogP) is 2.75. The van der Waals surface area contributed by atoms with Crippen LogP contribution in [-0.4, -0.2) is 41.5 Å². The van der Waals surface area contributed by atoms with Gasteiger partial charge in [-0.2, -0.15) is 4.48 Å². The van der Waals surface area contributed by atoms with Gasteiger partial charge >= 0.3 is 6.03 Å². The number of urea groups is 1. The van der Waals surface area contributed by atoms with Gasteiger partial charge in [-0.15, -0.1) is 0 Å². The number of aryl methyl sites for hydroxylation is 1. The highest BCUT2D eigenvalue weighted by molar-refractivity contribution is 6.31. The molecule has 142 valence electrons. The van der Waals surface area contributed by atoms with E-state index in [-0.39, 0.29) is 18.7 Å². The van der Waals surface area contributed by atoms with Crippen LogP contribution in [0.4, 0.5) is 19.4 Å². The Labute approximate surface area is 159 Å². The largest absolute Gasteiger partial charge is 0.426 e. The SMILES string of the molecule is Cc1cccnc1[N+]1(Cc2ccc(F)c(F)c2Cl)CC(C(N)=O)N(C)C1=O. The second-order valence-corrected chi connectivity index (χ2v) is 6.98. The molecule has 3 amide bonds. The van der Waals surface area contributed by atoms with E-state index in [0.29, 0.717) is 11.4 Å². The molecule has 0 bridgehead atoms. The molecule has 1 saturated heterocycles. The predicted molar refractivity (Wildman–Crippen MR) is 96.8 cm³/mol. The van der Waals surface area contributed by atoms with Crippen molar-refractivity contribution in [2.24, 2.45) is 5.73 Å². The van der Waals surface area contributed by atoms with Crippen molar-refractivity contribution in [3.05, 3.63) is 58.2 Å². The fourth-order valence-corrected chi connectivity index (χ4v) is 3.71. The van der Waals surface area contributed by atoms with Crippen LogP contribution < -0.4 is 10.2 Å². The topological polar surface area (TPSA) is 76.3 Å². The first kappa shape index (κ1) is 19.2. The summed E-state index contributed by atoms with van der Waals surface area (Å²) in [5, 5.41) is -0.404. The summed E-state index contributed by atoms with van der Waals surface area (Å²) in [5.74, 6) is -2.52. The number of nitrogens with two attached hydrogens (primary N) is 1. The van der Waals surface area contributed by atoms with Crippen LogP contribution in [0.15, 0.2) is 30.5 Å². The number of likely N-dealkylation sites (N-methyl/N-ethyl adjacent to an activating group) is 1. The van der Waals surface area contributed by atoms with E-state index in [2.05, 4.69) is 4.98 Å². The zero-order chi connectivity index (χ0) is 19.9. The molecule has 6 nitrogen and oxygen atoms in total. The average molecular weight is 396 g/mol. The number of nitrogens with zero attached hydrogens (tertiary/aromatic N) is 3. The molecule has 27 heavy (non-hydrogen) atoms. The Hall–Kier alpha value is -2.58. The molecule has 2 atom stereocenters. The highest BCUT2D eigenvalue weighted by atomic mass is 35.5. The van der Waals surface area contributed by atoms with Gasteiger partial charge in [0.15, 0.2) is 17.7 Å². The highest BCUT2D eigenvalue weighted by Crippen LogP contribution is 2.36. The lowest BCUT2D eigenvalue weighted by Crippen LogP contribution is -2.52. The van der Waals surface area contributed by atoms with Crippen LogP contribution in [0.3, 0.4) is 0 Å². The molecule has 1 aliphatic heterocycles. The van der Waals surface area contributed by atoms with Crippen molar-refractivity contribution in [2.75, 3.05) is 13.6 Å². The van der Waals surface area contributed by atoms with Crippen LogP contribution in [0.2, 0.25) is 5.02 Å². The van der Waals surface area contributed by atoms with Gasteiger partial charge in [-0.05, 0) is 25.1 Å².